The smallest absolute Gasteiger partial charge is 0.122 e. The molecule has 0 saturated heterocycles. The molecule has 1 aromatic heterocycles. The first-order valence-corrected chi connectivity index (χ1v) is 7.24. The maximum Gasteiger partial charge on any atom is 0.122 e. The summed E-state index contributed by atoms with van der Waals surface area (Å²) in [5.41, 5.74) is 6.98. The lowest BCUT2D eigenvalue weighted by Gasteiger charge is -2.22. The Morgan fingerprint density at radius 2 is 1.71 bits per heavy atom. The summed E-state index contributed by atoms with van der Waals surface area (Å²) in [6.45, 7) is 8.29. The summed E-state index contributed by atoms with van der Waals surface area (Å²) in [6.07, 6.45) is 0. The molecule has 1 heterocycles. The van der Waals surface area contributed by atoms with Gasteiger partial charge in [-0.15, -0.1) is 0 Å². The van der Waals surface area contributed by atoms with Crippen LogP contribution in [0.4, 0.5) is 0 Å². The van der Waals surface area contributed by atoms with E-state index in [1.54, 1.807) is 7.11 Å². The summed E-state index contributed by atoms with van der Waals surface area (Å²) in [4.78, 5) is 4.59. The normalized spacial score (nSPS) is 12.3. The van der Waals surface area contributed by atoms with Crippen molar-refractivity contribution in [3.05, 3.63) is 57.9 Å². The summed E-state index contributed by atoms with van der Waals surface area (Å²) in [5.74, 6) is 0.935. The molecule has 21 heavy (non-hydrogen) atoms. The number of methoxy groups -OCH3 is 1. The number of aromatic nitrogens is 1. The third-order valence-corrected chi connectivity index (χ3v) is 3.96. The maximum atomic E-state index is 5.41. The Morgan fingerprint density at radius 1 is 1.00 bits per heavy atom. The number of aryl methyl sites for hydroxylation is 4. The van der Waals surface area contributed by atoms with Crippen molar-refractivity contribution in [2.24, 2.45) is 0 Å². The van der Waals surface area contributed by atoms with Crippen molar-refractivity contribution in [3.8, 4) is 5.75 Å². The first-order valence-electron chi connectivity index (χ1n) is 7.24. The number of nitrogens with one attached hydrogen (secondary N) is 1. The van der Waals surface area contributed by atoms with E-state index >= 15 is 0 Å². The van der Waals surface area contributed by atoms with Gasteiger partial charge in [-0.05, 0) is 69.1 Å². The molecular weight excluding hydrogens is 260 g/mol. The molecule has 0 aliphatic carbocycles. The molecule has 0 saturated carbocycles. The predicted octanol–water partition coefficient (Wildman–Crippen LogP) is 3.63. The highest BCUT2D eigenvalue weighted by atomic mass is 16.5. The summed E-state index contributed by atoms with van der Waals surface area (Å²) in [5, 5.41) is 3.42. The summed E-state index contributed by atoms with van der Waals surface area (Å²) in [7, 11) is 3.70. The molecule has 0 bridgehead atoms. The number of ether oxygens (including phenoxy) is 1. The number of rotatable bonds is 4. The average Bonchev–Trinajstić information content (AvgIpc) is 2.45. The van der Waals surface area contributed by atoms with Gasteiger partial charge in [0.1, 0.15) is 5.75 Å². The van der Waals surface area contributed by atoms with E-state index in [1.807, 2.05) is 14.0 Å². The van der Waals surface area contributed by atoms with Crippen molar-refractivity contribution >= 4 is 0 Å². The van der Waals surface area contributed by atoms with E-state index in [0.717, 1.165) is 22.7 Å². The molecular formula is C18H24N2O. The minimum atomic E-state index is 0.141. The Labute approximate surface area is 127 Å². The number of hydrogen-bond donors (Lipinski definition) is 1. The van der Waals surface area contributed by atoms with Crippen LogP contribution in [0.25, 0.3) is 0 Å². The Morgan fingerprint density at radius 3 is 2.29 bits per heavy atom. The monoisotopic (exact) mass is 284 g/mol. The van der Waals surface area contributed by atoms with Gasteiger partial charge in [0.15, 0.2) is 0 Å². The lowest BCUT2D eigenvalue weighted by Crippen LogP contribution is -2.20. The Balaban J connectivity index is 2.53. The van der Waals surface area contributed by atoms with Crippen LogP contribution < -0.4 is 10.1 Å². The van der Waals surface area contributed by atoms with Gasteiger partial charge in [-0.25, -0.2) is 0 Å². The third kappa shape index (κ3) is 3.08. The van der Waals surface area contributed by atoms with Gasteiger partial charge < -0.3 is 10.1 Å². The van der Waals surface area contributed by atoms with Crippen molar-refractivity contribution in [1.82, 2.24) is 10.3 Å². The molecule has 3 nitrogen and oxygen atoms in total. The quantitative estimate of drug-likeness (QED) is 0.931. The molecule has 3 heteroatoms. The van der Waals surface area contributed by atoms with Crippen LogP contribution in [-0.2, 0) is 0 Å². The minimum absolute atomic E-state index is 0.141. The first-order chi connectivity index (χ1) is 9.97. The third-order valence-electron chi connectivity index (χ3n) is 3.96. The van der Waals surface area contributed by atoms with Crippen LogP contribution in [0.2, 0.25) is 0 Å². The molecule has 1 atom stereocenters. The molecule has 0 amide bonds. The molecule has 112 valence electrons. The van der Waals surface area contributed by atoms with Gasteiger partial charge in [-0.2, -0.15) is 0 Å². The van der Waals surface area contributed by atoms with Crippen LogP contribution in [0.3, 0.4) is 0 Å². The predicted molar refractivity (Wildman–Crippen MR) is 87.1 cm³/mol. The van der Waals surface area contributed by atoms with E-state index in [1.165, 1.54) is 16.7 Å². The van der Waals surface area contributed by atoms with E-state index < -0.39 is 0 Å². The van der Waals surface area contributed by atoms with Crippen LogP contribution >= 0.6 is 0 Å². The van der Waals surface area contributed by atoms with Crippen LogP contribution in [0.5, 0.6) is 5.75 Å². The Bertz CT molecular complexity index is 650. The van der Waals surface area contributed by atoms with E-state index in [4.69, 9.17) is 4.74 Å². The molecule has 2 aromatic rings. The van der Waals surface area contributed by atoms with E-state index in [-0.39, 0.29) is 6.04 Å². The van der Waals surface area contributed by atoms with E-state index in [2.05, 4.69) is 55.3 Å². The second kappa shape index (κ2) is 6.27. The number of benzene rings is 1. The SMILES string of the molecule is CNC(c1cc(C)c(OC)cc1C)c1ccc(C)nc1C. The van der Waals surface area contributed by atoms with Gasteiger partial charge in [0.05, 0.1) is 13.2 Å². The number of pyridine rings is 1. The Kier molecular flexibility index (Phi) is 4.63. The van der Waals surface area contributed by atoms with E-state index in [0.29, 0.717) is 0 Å². The lowest BCUT2D eigenvalue weighted by molar-refractivity contribution is 0.411. The van der Waals surface area contributed by atoms with Gasteiger partial charge in [-0.3, -0.25) is 4.98 Å². The standard InChI is InChI=1S/C18H24N2O/c1-11-10-17(21-6)12(2)9-16(11)18(19-5)15-8-7-13(3)20-14(15)4/h7-10,18-19H,1-6H3. The van der Waals surface area contributed by atoms with Gasteiger partial charge in [0.25, 0.3) is 0 Å². The van der Waals surface area contributed by atoms with E-state index in [9.17, 15) is 0 Å². The second-order valence-electron chi connectivity index (χ2n) is 5.53. The van der Waals surface area contributed by atoms with Gasteiger partial charge >= 0.3 is 0 Å². The number of nitrogens with zero attached hydrogens (tertiary/aromatic N) is 1. The summed E-state index contributed by atoms with van der Waals surface area (Å²) < 4.78 is 5.41. The van der Waals surface area contributed by atoms with Crippen molar-refractivity contribution in [2.45, 2.75) is 33.7 Å². The zero-order valence-corrected chi connectivity index (χ0v) is 13.7. The fourth-order valence-corrected chi connectivity index (χ4v) is 2.82. The molecule has 2 rings (SSSR count). The van der Waals surface area contributed by atoms with Crippen molar-refractivity contribution in [1.29, 1.82) is 0 Å². The fourth-order valence-electron chi connectivity index (χ4n) is 2.82. The summed E-state index contributed by atoms with van der Waals surface area (Å²) in [6, 6.07) is 8.68. The number of hydrogen-bond acceptors (Lipinski definition) is 3. The minimum Gasteiger partial charge on any atom is -0.496 e. The largest absolute Gasteiger partial charge is 0.496 e. The molecule has 1 aromatic carbocycles. The van der Waals surface area contributed by atoms with Gasteiger partial charge in [0.2, 0.25) is 0 Å². The van der Waals surface area contributed by atoms with Gasteiger partial charge in [0, 0.05) is 11.4 Å². The van der Waals surface area contributed by atoms with Crippen LogP contribution in [0.15, 0.2) is 24.3 Å². The molecule has 0 aliphatic rings. The molecule has 1 N–H and O–H groups in total. The molecule has 0 fully saturated rings. The zero-order chi connectivity index (χ0) is 15.6. The molecule has 0 aliphatic heterocycles. The molecule has 1 unspecified atom stereocenters. The zero-order valence-electron chi connectivity index (χ0n) is 13.7. The molecule has 0 radical (unpaired) electrons. The van der Waals surface area contributed by atoms with Crippen molar-refractivity contribution in [2.75, 3.05) is 14.2 Å². The Hall–Kier alpha value is -1.87. The van der Waals surface area contributed by atoms with Crippen LogP contribution in [0.1, 0.15) is 39.7 Å². The van der Waals surface area contributed by atoms with Crippen LogP contribution in [-0.4, -0.2) is 19.1 Å². The highest BCUT2D eigenvalue weighted by molar-refractivity contribution is 5.46. The van der Waals surface area contributed by atoms with Crippen molar-refractivity contribution < 1.29 is 4.74 Å². The topological polar surface area (TPSA) is 34.1 Å². The lowest BCUT2D eigenvalue weighted by atomic mass is 9.92. The maximum absolute atomic E-state index is 5.41. The van der Waals surface area contributed by atoms with Gasteiger partial charge in [-0.1, -0.05) is 12.1 Å². The van der Waals surface area contributed by atoms with Crippen LogP contribution in [0, 0.1) is 27.7 Å². The average molecular weight is 284 g/mol. The first kappa shape index (κ1) is 15.5. The summed E-state index contributed by atoms with van der Waals surface area (Å²) >= 11 is 0. The highest BCUT2D eigenvalue weighted by Crippen LogP contribution is 2.31. The highest BCUT2D eigenvalue weighted by Gasteiger charge is 2.18. The molecule has 0 spiro atoms. The van der Waals surface area contributed by atoms with Crippen molar-refractivity contribution in [3.63, 3.8) is 0 Å². The fraction of sp³-hybridized carbons (Fsp3) is 0.389. The second-order valence-corrected chi connectivity index (χ2v) is 5.53.